The number of nitriles is 1. The fourth-order valence-electron chi connectivity index (χ4n) is 7.93. The zero-order valence-corrected chi connectivity index (χ0v) is 42.0. The molecule has 0 bridgehead atoms. The Morgan fingerprint density at radius 1 is 0.857 bits per heavy atom. The predicted molar refractivity (Wildman–Crippen MR) is 258 cm³/mol. The summed E-state index contributed by atoms with van der Waals surface area (Å²) in [5.74, 6) is -0.212. The third kappa shape index (κ3) is 14.9. The van der Waals surface area contributed by atoms with E-state index in [1.54, 1.807) is 14.2 Å². The van der Waals surface area contributed by atoms with Gasteiger partial charge in [0.2, 0.25) is 5.91 Å². The van der Waals surface area contributed by atoms with Crippen LogP contribution in [-0.2, 0) is 57.5 Å². The van der Waals surface area contributed by atoms with Crippen LogP contribution in [0.1, 0.15) is 84.2 Å². The normalized spacial score (nSPS) is 17.8. The molecule has 0 aliphatic carbocycles. The molecule has 0 saturated carbocycles. The number of anilines is 1. The monoisotopic (exact) mass is 989 g/mol. The predicted octanol–water partition coefficient (Wildman–Crippen LogP) is 7.03. The molecule has 1 fully saturated rings. The van der Waals surface area contributed by atoms with Gasteiger partial charge in [-0.25, -0.2) is 9.46 Å². The minimum Gasteiger partial charge on any atom is -0.497 e. The number of carbonyl (C=O) groups is 3. The molecule has 2 heterocycles. The van der Waals surface area contributed by atoms with Gasteiger partial charge in [-0.2, -0.15) is 10.2 Å². The number of nitrogens with zero attached hydrogens (tertiary/aromatic N) is 4. The molecule has 1 aliphatic heterocycles. The minimum absolute atomic E-state index is 0.00418. The van der Waals surface area contributed by atoms with Crippen molar-refractivity contribution >= 4 is 32.2 Å². The van der Waals surface area contributed by atoms with E-state index in [1.807, 2.05) is 107 Å². The van der Waals surface area contributed by atoms with Crippen molar-refractivity contribution in [3.8, 4) is 17.6 Å². The molecule has 3 unspecified atom stereocenters. The van der Waals surface area contributed by atoms with E-state index in [2.05, 4.69) is 21.0 Å². The molecule has 1 amide bonds. The van der Waals surface area contributed by atoms with Crippen LogP contribution in [-0.4, -0.2) is 116 Å². The number of nitrogens with one attached hydrogen (secondary N) is 1. The van der Waals surface area contributed by atoms with Crippen LogP contribution in [0.3, 0.4) is 0 Å². The summed E-state index contributed by atoms with van der Waals surface area (Å²) in [5.41, 5.74) is 0.209. The lowest BCUT2D eigenvalue weighted by atomic mass is 9.80. The molecule has 6 atom stereocenters. The van der Waals surface area contributed by atoms with Crippen molar-refractivity contribution in [1.29, 1.82) is 5.26 Å². The minimum atomic E-state index is -1.96. The van der Waals surface area contributed by atoms with Crippen LogP contribution in [0.2, 0.25) is 0 Å². The summed E-state index contributed by atoms with van der Waals surface area (Å²) in [7, 11) is 1.22. The Morgan fingerprint density at radius 2 is 1.47 bits per heavy atom. The van der Waals surface area contributed by atoms with Gasteiger partial charge in [-0.1, -0.05) is 54.6 Å². The van der Waals surface area contributed by atoms with Gasteiger partial charge in [0.25, 0.3) is 8.53 Å². The molecule has 1 aliphatic rings. The first kappa shape index (κ1) is 55.1. The van der Waals surface area contributed by atoms with E-state index in [0.29, 0.717) is 11.5 Å². The first-order valence-corrected chi connectivity index (χ1v) is 24.0. The van der Waals surface area contributed by atoms with Gasteiger partial charge in [-0.15, -0.1) is 0 Å². The third-order valence-electron chi connectivity index (χ3n) is 10.9. The van der Waals surface area contributed by atoms with Crippen LogP contribution in [0, 0.1) is 11.3 Å². The molecule has 70 heavy (non-hydrogen) atoms. The van der Waals surface area contributed by atoms with E-state index < -0.39 is 68.3 Å². The highest BCUT2D eigenvalue weighted by atomic mass is 31.2. The van der Waals surface area contributed by atoms with Crippen molar-refractivity contribution in [2.75, 3.05) is 52.8 Å². The summed E-state index contributed by atoms with van der Waals surface area (Å²) in [4.78, 5) is 53.5. The Hall–Kier alpha value is -5.81. The molecule has 1 aromatic heterocycles. The van der Waals surface area contributed by atoms with Crippen LogP contribution in [0.5, 0.6) is 11.5 Å². The summed E-state index contributed by atoms with van der Waals surface area (Å²) < 4.78 is 65.2. The number of ether oxygens (including phenoxy) is 8. The maximum absolute atomic E-state index is 14.0. The Labute approximate surface area is 410 Å². The Kier molecular flexibility index (Phi) is 21.2. The quantitative estimate of drug-likeness (QED) is 0.0208. The second kappa shape index (κ2) is 27.0. The van der Waals surface area contributed by atoms with Crippen molar-refractivity contribution < 1.29 is 61.3 Å². The molecule has 4 aromatic rings. The van der Waals surface area contributed by atoms with Crippen molar-refractivity contribution in [3.05, 3.63) is 118 Å². The van der Waals surface area contributed by atoms with E-state index in [4.69, 9.17) is 46.9 Å². The van der Waals surface area contributed by atoms with Crippen LogP contribution in [0.25, 0.3) is 0 Å². The highest BCUT2D eigenvalue weighted by molar-refractivity contribution is 7.44. The van der Waals surface area contributed by atoms with E-state index in [0.717, 1.165) is 16.7 Å². The van der Waals surface area contributed by atoms with Crippen molar-refractivity contribution in [2.45, 2.75) is 110 Å². The third-order valence-corrected chi connectivity index (χ3v) is 13.1. The first-order valence-electron chi connectivity index (χ1n) is 22.9. The molecule has 5 rings (SSSR count). The molecule has 20 heteroatoms. The van der Waals surface area contributed by atoms with Gasteiger partial charge in [-0.3, -0.25) is 19.0 Å². The zero-order valence-electron chi connectivity index (χ0n) is 41.1. The number of hydrogen-bond acceptors (Lipinski definition) is 17. The first-order chi connectivity index (χ1) is 33.6. The summed E-state index contributed by atoms with van der Waals surface area (Å²) in [6.45, 7) is 11.2. The SMILES string of the molecule is COc1ccc(C(OC[C@H]2O[C@@H](n3ccc(NC(C)=O)nc3=O)[C@@H](OCOCCC(COC(C)=O)OC(C)=O)C2OP(OCCC#N)N(C(C)C)C(C)C)(c2ccccc2)c2ccc(OC)cc2)cc1. The highest BCUT2D eigenvalue weighted by Gasteiger charge is 2.52. The van der Waals surface area contributed by atoms with Gasteiger partial charge in [0.15, 0.2) is 6.23 Å². The summed E-state index contributed by atoms with van der Waals surface area (Å²) in [6, 6.07) is 28.2. The van der Waals surface area contributed by atoms with Gasteiger partial charge < -0.3 is 52.3 Å². The van der Waals surface area contributed by atoms with E-state index >= 15 is 0 Å². The summed E-state index contributed by atoms with van der Waals surface area (Å²) >= 11 is 0. The maximum atomic E-state index is 14.0. The van der Waals surface area contributed by atoms with Gasteiger partial charge in [0.05, 0.1) is 46.5 Å². The molecule has 378 valence electrons. The van der Waals surface area contributed by atoms with Crippen LogP contribution >= 0.6 is 8.53 Å². The largest absolute Gasteiger partial charge is 0.497 e. The standard InChI is InChI=1S/C50H64N5O14P/c1-33(2)55(34(3)4)70(66-28-13-26-51)69-46-44(31-65-50(38-14-11-10-12-15-38,39-16-20-41(60-8)21-17-39)40-18-22-42(61-9)23-19-40)68-48(54-27-24-45(52-35(5)56)53-49(54)59)47(46)64-32-62-29-25-43(67-37(7)58)30-63-36(6)57/h10-12,14-24,27,33-34,43-44,46-48H,13,25,28-32H2,1-9H3,(H,52,53,56,59)/t43?,44-,46?,47+,48-,70?/m1/s1. The number of carbonyl (C=O) groups excluding carboxylic acids is 3. The topological polar surface area (TPSA) is 217 Å². The number of amides is 1. The highest BCUT2D eigenvalue weighted by Crippen LogP contribution is 2.51. The molecule has 1 saturated heterocycles. The van der Waals surface area contributed by atoms with Crippen molar-refractivity contribution in [2.24, 2.45) is 0 Å². The molecule has 0 spiro atoms. The Bertz CT molecular complexity index is 2330. The average Bonchev–Trinajstić information content (AvgIpc) is 3.66. The second-order valence-corrected chi connectivity index (χ2v) is 18.1. The summed E-state index contributed by atoms with van der Waals surface area (Å²) in [6.07, 6.45) is -3.56. The average molecular weight is 990 g/mol. The Balaban J connectivity index is 1.64. The van der Waals surface area contributed by atoms with E-state index in [9.17, 15) is 24.4 Å². The van der Waals surface area contributed by atoms with Gasteiger partial charge in [0.1, 0.15) is 60.7 Å². The fraction of sp³-hybridized carbons (Fsp3) is 0.480. The fourth-order valence-corrected chi connectivity index (χ4v) is 9.70. The lowest BCUT2D eigenvalue weighted by Gasteiger charge is -2.39. The molecular weight excluding hydrogens is 926 g/mol. The van der Waals surface area contributed by atoms with Crippen LogP contribution in [0.15, 0.2) is 95.9 Å². The van der Waals surface area contributed by atoms with Crippen molar-refractivity contribution in [3.63, 3.8) is 0 Å². The second-order valence-electron chi connectivity index (χ2n) is 16.7. The number of rotatable bonds is 27. The number of hydrogen-bond donors (Lipinski definition) is 1. The number of benzene rings is 3. The van der Waals surface area contributed by atoms with E-state index in [-0.39, 0.29) is 64.0 Å². The number of methoxy groups -OCH3 is 2. The molecule has 1 N–H and O–H groups in total. The number of aromatic nitrogens is 2. The van der Waals surface area contributed by atoms with Gasteiger partial charge in [-0.05, 0) is 74.7 Å². The number of esters is 2. The molecule has 19 nitrogen and oxygen atoms in total. The zero-order chi connectivity index (χ0) is 50.8. The van der Waals surface area contributed by atoms with Crippen molar-refractivity contribution in [1.82, 2.24) is 14.2 Å². The smallest absolute Gasteiger partial charge is 0.351 e. The van der Waals surface area contributed by atoms with Crippen LogP contribution < -0.4 is 20.5 Å². The molecule has 0 radical (unpaired) electrons. The van der Waals surface area contributed by atoms with Gasteiger partial charge >= 0.3 is 17.6 Å². The maximum Gasteiger partial charge on any atom is 0.351 e. The lowest BCUT2D eigenvalue weighted by molar-refractivity contribution is -0.160. The Morgan fingerprint density at radius 3 is 2.00 bits per heavy atom. The lowest BCUT2D eigenvalue weighted by Crippen LogP contribution is -2.43. The molecular formula is C50H64N5O14P. The summed E-state index contributed by atoms with van der Waals surface area (Å²) in [5, 5.41) is 12.1. The van der Waals surface area contributed by atoms with Crippen LogP contribution in [0.4, 0.5) is 5.82 Å². The molecule has 3 aromatic carbocycles. The van der Waals surface area contributed by atoms with E-state index in [1.165, 1.54) is 37.6 Å². The van der Waals surface area contributed by atoms with Gasteiger partial charge in [0, 0.05) is 45.5 Å².